The number of ether oxygens (including phenoxy) is 2. The Balaban J connectivity index is 1.68. The quantitative estimate of drug-likeness (QED) is 0.694. The Morgan fingerprint density at radius 3 is 2.43 bits per heavy atom. The molecule has 1 saturated heterocycles. The van der Waals surface area contributed by atoms with E-state index >= 15 is 0 Å². The van der Waals surface area contributed by atoms with Gasteiger partial charge in [0.25, 0.3) is 0 Å². The minimum Gasteiger partial charge on any atom is -0.462 e. The molecule has 3 rings (SSSR count). The van der Waals surface area contributed by atoms with E-state index in [2.05, 4.69) is 0 Å². The number of hydrogen-bond acceptors (Lipinski definition) is 5. The molecule has 2 aromatic carbocycles. The number of sulfonamides is 1. The SMILES string of the molecule is C[C@@H]1CN(S(=O)(=O)c2cccc(C(=O)OCCc3ccccc3)c2)C[C@@H](C)O1. The predicted octanol–water partition coefficient (Wildman–Crippen LogP) is 2.88. The summed E-state index contributed by atoms with van der Waals surface area (Å²) < 4.78 is 38.3. The number of carbonyl (C=O) groups is 1. The van der Waals surface area contributed by atoms with E-state index in [-0.39, 0.29) is 29.3 Å². The molecule has 28 heavy (non-hydrogen) atoms. The van der Waals surface area contributed by atoms with E-state index in [1.165, 1.54) is 16.4 Å². The monoisotopic (exact) mass is 403 g/mol. The first kappa shape index (κ1) is 20.5. The highest BCUT2D eigenvalue weighted by Gasteiger charge is 2.32. The summed E-state index contributed by atoms with van der Waals surface area (Å²) in [4.78, 5) is 12.4. The molecule has 1 aliphatic rings. The Kier molecular flexibility index (Phi) is 6.49. The normalized spacial score (nSPS) is 20.6. The molecule has 0 amide bonds. The minimum absolute atomic E-state index is 0.0892. The van der Waals surface area contributed by atoms with Crippen LogP contribution in [0.4, 0.5) is 0 Å². The Labute approximate surface area is 166 Å². The third-order valence-corrected chi connectivity index (χ3v) is 6.39. The molecule has 1 fully saturated rings. The van der Waals surface area contributed by atoms with Crippen LogP contribution >= 0.6 is 0 Å². The van der Waals surface area contributed by atoms with Crippen LogP contribution < -0.4 is 0 Å². The van der Waals surface area contributed by atoms with Gasteiger partial charge in [0, 0.05) is 19.5 Å². The second-order valence-corrected chi connectivity index (χ2v) is 8.92. The Morgan fingerprint density at radius 2 is 1.75 bits per heavy atom. The van der Waals surface area contributed by atoms with Gasteiger partial charge in [-0.2, -0.15) is 4.31 Å². The molecule has 0 spiro atoms. The van der Waals surface area contributed by atoms with Crippen LogP contribution in [0.3, 0.4) is 0 Å². The van der Waals surface area contributed by atoms with E-state index in [0.29, 0.717) is 19.5 Å². The van der Waals surface area contributed by atoms with Crippen molar-refractivity contribution < 1.29 is 22.7 Å². The van der Waals surface area contributed by atoms with E-state index in [0.717, 1.165) is 5.56 Å². The van der Waals surface area contributed by atoms with E-state index in [9.17, 15) is 13.2 Å². The molecule has 150 valence electrons. The summed E-state index contributed by atoms with van der Waals surface area (Å²) in [5.74, 6) is -0.531. The average Bonchev–Trinajstić information content (AvgIpc) is 2.68. The molecule has 0 aromatic heterocycles. The lowest BCUT2D eigenvalue weighted by atomic mass is 10.2. The lowest BCUT2D eigenvalue weighted by Gasteiger charge is -2.34. The number of rotatable bonds is 6. The van der Waals surface area contributed by atoms with Gasteiger partial charge in [-0.3, -0.25) is 0 Å². The number of nitrogens with zero attached hydrogens (tertiary/aromatic N) is 1. The number of benzene rings is 2. The van der Waals surface area contributed by atoms with E-state index in [1.54, 1.807) is 12.1 Å². The molecule has 1 aliphatic heterocycles. The van der Waals surface area contributed by atoms with Crippen molar-refractivity contribution in [2.24, 2.45) is 0 Å². The lowest BCUT2D eigenvalue weighted by Crippen LogP contribution is -2.48. The minimum atomic E-state index is -3.70. The van der Waals surface area contributed by atoms with Crippen molar-refractivity contribution >= 4 is 16.0 Å². The maximum Gasteiger partial charge on any atom is 0.338 e. The van der Waals surface area contributed by atoms with Crippen LogP contribution in [-0.4, -0.2) is 50.6 Å². The Morgan fingerprint density at radius 1 is 1.07 bits per heavy atom. The van der Waals surface area contributed by atoms with Crippen molar-refractivity contribution in [1.82, 2.24) is 4.31 Å². The standard InChI is InChI=1S/C21H25NO5S/c1-16-14-22(15-17(2)27-16)28(24,25)20-10-6-9-19(13-20)21(23)26-12-11-18-7-4-3-5-8-18/h3-10,13,16-17H,11-12,14-15H2,1-2H3/t16-,17-/m1/s1. The van der Waals surface area contributed by atoms with Crippen LogP contribution in [0, 0.1) is 0 Å². The maximum absolute atomic E-state index is 13.0. The van der Waals surface area contributed by atoms with Crippen LogP contribution in [-0.2, 0) is 25.9 Å². The number of esters is 1. The van der Waals surface area contributed by atoms with Crippen molar-refractivity contribution in [2.75, 3.05) is 19.7 Å². The third-order valence-electron chi connectivity index (χ3n) is 4.56. The smallest absolute Gasteiger partial charge is 0.338 e. The Bertz CT molecular complexity index is 903. The molecule has 0 aliphatic carbocycles. The van der Waals surface area contributed by atoms with Crippen LogP contribution in [0.1, 0.15) is 29.8 Å². The van der Waals surface area contributed by atoms with Crippen LogP contribution in [0.25, 0.3) is 0 Å². The zero-order valence-corrected chi connectivity index (χ0v) is 16.9. The van der Waals surface area contributed by atoms with Crippen LogP contribution in [0.5, 0.6) is 0 Å². The van der Waals surface area contributed by atoms with E-state index < -0.39 is 16.0 Å². The van der Waals surface area contributed by atoms with Crippen molar-refractivity contribution in [3.05, 3.63) is 65.7 Å². The molecule has 0 unspecified atom stereocenters. The van der Waals surface area contributed by atoms with Gasteiger partial charge in [0.1, 0.15) is 0 Å². The predicted molar refractivity (Wildman–Crippen MR) is 106 cm³/mol. The summed E-state index contributed by atoms with van der Waals surface area (Å²) in [5.41, 5.74) is 1.30. The number of carbonyl (C=O) groups excluding carboxylic acids is 1. The summed E-state index contributed by atoms with van der Waals surface area (Å²) in [5, 5.41) is 0. The second kappa shape index (κ2) is 8.86. The van der Waals surface area contributed by atoms with Gasteiger partial charge < -0.3 is 9.47 Å². The molecular formula is C21H25NO5S. The highest BCUT2D eigenvalue weighted by Crippen LogP contribution is 2.22. The topological polar surface area (TPSA) is 72.9 Å². The van der Waals surface area contributed by atoms with Gasteiger partial charge in [0.15, 0.2) is 0 Å². The Hall–Kier alpha value is -2.22. The molecule has 7 heteroatoms. The third kappa shape index (κ3) is 4.98. The zero-order valence-electron chi connectivity index (χ0n) is 16.1. The first-order valence-corrected chi connectivity index (χ1v) is 10.8. The largest absolute Gasteiger partial charge is 0.462 e. The van der Waals surface area contributed by atoms with E-state index in [4.69, 9.17) is 9.47 Å². The summed E-state index contributed by atoms with van der Waals surface area (Å²) in [7, 11) is -3.70. The van der Waals surface area contributed by atoms with Gasteiger partial charge in [-0.25, -0.2) is 13.2 Å². The molecule has 2 atom stereocenters. The highest BCUT2D eigenvalue weighted by atomic mass is 32.2. The first-order chi connectivity index (χ1) is 13.4. The maximum atomic E-state index is 13.0. The van der Waals surface area contributed by atoms with E-state index in [1.807, 2.05) is 44.2 Å². The molecule has 0 saturated carbocycles. The van der Waals surface area contributed by atoms with Gasteiger partial charge in [0.2, 0.25) is 10.0 Å². The van der Waals surface area contributed by atoms with Crippen molar-refractivity contribution in [3.8, 4) is 0 Å². The van der Waals surface area contributed by atoms with Crippen LogP contribution in [0.15, 0.2) is 59.5 Å². The molecule has 1 heterocycles. The summed E-state index contributed by atoms with van der Waals surface area (Å²) in [6.07, 6.45) is 0.253. The summed E-state index contributed by atoms with van der Waals surface area (Å²) >= 11 is 0. The fourth-order valence-corrected chi connectivity index (χ4v) is 4.89. The number of hydrogen-bond donors (Lipinski definition) is 0. The van der Waals surface area contributed by atoms with Gasteiger partial charge in [0.05, 0.1) is 29.3 Å². The van der Waals surface area contributed by atoms with Gasteiger partial charge in [-0.15, -0.1) is 0 Å². The van der Waals surface area contributed by atoms with Crippen molar-refractivity contribution in [3.63, 3.8) is 0 Å². The molecular weight excluding hydrogens is 378 g/mol. The summed E-state index contributed by atoms with van der Waals surface area (Å²) in [6, 6.07) is 15.7. The second-order valence-electron chi connectivity index (χ2n) is 6.98. The molecule has 6 nitrogen and oxygen atoms in total. The fraction of sp³-hybridized carbons (Fsp3) is 0.381. The van der Waals surface area contributed by atoms with Gasteiger partial charge >= 0.3 is 5.97 Å². The van der Waals surface area contributed by atoms with Crippen molar-refractivity contribution in [2.45, 2.75) is 37.4 Å². The average molecular weight is 404 g/mol. The van der Waals surface area contributed by atoms with Gasteiger partial charge in [-0.1, -0.05) is 36.4 Å². The lowest BCUT2D eigenvalue weighted by molar-refractivity contribution is -0.0440. The highest BCUT2D eigenvalue weighted by molar-refractivity contribution is 7.89. The molecule has 0 bridgehead atoms. The molecule has 0 radical (unpaired) electrons. The summed E-state index contributed by atoms with van der Waals surface area (Å²) in [6.45, 7) is 4.51. The fourth-order valence-electron chi connectivity index (χ4n) is 3.25. The van der Waals surface area contributed by atoms with Crippen LogP contribution in [0.2, 0.25) is 0 Å². The molecule has 2 aromatic rings. The zero-order chi connectivity index (χ0) is 20.1. The number of morpholine rings is 1. The van der Waals surface area contributed by atoms with Gasteiger partial charge in [-0.05, 0) is 37.6 Å². The molecule has 0 N–H and O–H groups in total. The first-order valence-electron chi connectivity index (χ1n) is 9.33. The van der Waals surface area contributed by atoms with Crippen molar-refractivity contribution in [1.29, 1.82) is 0 Å².